The molecule has 0 aromatic heterocycles. The van der Waals surface area contributed by atoms with Crippen LogP contribution in [0.5, 0.6) is 0 Å². The molecular formula is C13H15N2. The van der Waals surface area contributed by atoms with Gasteiger partial charge in [0.15, 0.2) is 0 Å². The van der Waals surface area contributed by atoms with Crippen molar-refractivity contribution in [1.29, 1.82) is 0 Å². The lowest BCUT2D eigenvalue weighted by Crippen LogP contribution is -2.14. The number of benzene rings is 1. The SMILES string of the molecule is CC1=C(CCc2ccccc2)[CH]NC=N1. The van der Waals surface area contributed by atoms with Gasteiger partial charge in [0.25, 0.3) is 0 Å². The number of rotatable bonds is 3. The third-order valence-electron chi connectivity index (χ3n) is 2.58. The van der Waals surface area contributed by atoms with E-state index in [2.05, 4.69) is 34.6 Å². The Morgan fingerprint density at radius 2 is 1.93 bits per heavy atom. The lowest BCUT2D eigenvalue weighted by molar-refractivity contribution is 0.887. The van der Waals surface area contributed by atoms with E-state index < -0.39 is 0 Å². The third-order valence-corrected chi connectivity index (χ3v) is 2.58. The maximum absolute atomic E-state index is 4.24. The van der Waals surface area contributed by atoms with Crippen molar-refractivity contribution in [2.45, 2.75) is 19.8 Å². The highest BCUT2D eigenvalue weighted by molar-refractivity contribution is 5.60. The van der Waals surface area contributed by atoms with Crippen LogP contribution < -0.4 is 5.32 Å². The summed E-state index contributed by atoms with van der Waals surface area (Å²) in [6.07, 6.45) is 3.84. The van der Waals surface area contributed by atoms with E-state index in [1.54, 1.807) is 6.34 Å². The van der Waals surface area contributed by atoms with E-state index in [0.29, 0.717) is 0 Å². The van der Waals surface area contributed by atoms with E-state index in [-0.39, 0.29) is 0 Å². The first-order chi connectivity index (χ1) is 7.36. The summed E-state index contributed by atoms with van der Waals surface area (Å²) in [6, 6.07) is 10.5. The average Bonchev–Trinajstić information content (AvgIpc) is 2.29. The van der Waals surface area contributed by atoms with Crippen LogP contribution in [0.15, 0.2) is 46.6 Å². The fourth-order valence-corrected chi connectivity index (χ4v) is 1.64. The molecule has 0 fully saturated rings. The number of aliphatic imine (C=N–C) groups is 1. The van der Waals surface area contributed by atoms with Crippen LogP contribution in [0.25, 0.3) is 0 Å². The molecule has 2 rings (SSSR count). The third kappa shape index (κ3) is 2.69. The van der Waals surface area contributed by atoms with Crippen molar-refractivity contribution in [3.63, 3.8) is 0 Å². The summed E-state index contributed by atoms with van der Waals surface area (Å²) in [5, 5.41) is 3.03. The first kappa shape index (κ1) is 9.97. The molecule has 0 amide bonds. The van der Waals surface area contributed by atoms with Crippen molar-refractivity contribution in [3.05, 3.63) is 53.7 Å². The summed E-state index contributed by atoms with van der Waals surface area (Å²) < 4.78 is 0. The molecule has 15 heavy (non-hydrogen) atoms. The van der Waals surface area contributed by atoms with Crippen LogP contribution in [-0.4, -0.2) is 6.34 Å². The summed E-state index contributed by atoms with van der Waals surface area (Å²) in [7, 11) is 0. The lowest BCUT2D eigenvalue weighted by Gasteiger charge is -2.13. The molecule has 0 atom stereocenters. The summed E-state index contributed by atoms with van der Waals surface area (Å²) in [4.78, 5) is 4.24. The summed E-state index contributed by atoms with van der Waals surface area (Å²) >= 11 is 0. The molecule has 1 aromatic carbocycles. The number of nitrogens with one attached hydrogen (secondary N) is 1. The van der Waals surface area contributed by atoms with Gasteiger partial charge in [0.2, 0.25) is 0 Å². The smallest absolute Gasteiger partial charge is 0.0887 e. The maximum Gasteiger partial charge on any atom is 0.0887 e. The normalized spacial score (nSPS) is 15.3. The van der Waals surface area contributed by atoms with Crippen LogP contribution in [0.4, 0.5) is 0 Å². The summed E-state index contributed by atoms with van der Waals surface area (Å²) in [5.74, 6) is 0. The molecule has 77 valence electrons. The van der Waals surface area contributed by atoms with Crippen LogP contribution in [0, 0.1) is 6.54 Å². The van der Waals surface area contributed by atoms with Crippen molar-refractivity contribution < 1.29 is 0 Å². The Hall–Kier alpha value is -1.57. The first-order valence-corrected chi connectivity index (χ1v) is 5.22. The molecule has 1 aliphatic heterocycles. The van der Waals surface area contributed by atoms with E-state index in [1.165, 1.54) is 11.1 Å². The molecule has 2 heteroatoms. The maximum atomic E-state index is 4.24. The van der Waals surface area contributed by atoms with E-state index in [4.69, 9.17) is 0 Å². The Bertz CT molecular complexity index is 377. The van der Waals surface area contributed by atoms with Gasteiger partial charge in [-0.25, -0.2) is 4.99 Å². The molecule has 1 aromatic rings. The zero-order valence-corrected chi connectivity index (χ0v) is 8.90. The van der Waals surface area contributed by atoms with Crippen LogP contribution >= 0.6 is 0 Å². The van der Waals surface area contributed by atoms with Gasteiger partial charge in [0, 0.05) is 5.70 Å². The molecular weight excluding hydrogens is 184 g/mol. The van der Waals surface area contributed by atoms with E-state index in [1.807, 2.05) is 19.5 Å². The summed E-state index contributed by atoms with van der Waals surface area (Å²) in [6.45, 7) is 4.08. The number of hydrogen-bond donors (Lipinski definition) is 1. The van der Waals surface area contributed by atoms with Gasteiger partial charge in [-0.3, -0.25) is 0 Å². The zero-order valence-electron chi connectivity index (χ0n) is 8.90. The van der Waals surface area contributed by atoms with E-state index in [9.17, 15) is 0 Å². The molecule has 1 heterocycles. The first-order valence-electron chi connectivity index (χ1n) is 5.22. The topological polar surface area (TPSA) is 24.4 Å². The molecule has 0 spiro atoms. The lowest BCUT2D eigenvalue weighted by atomic mass is 10.0. The quantitative estimate of drug-likeness (QED) is 0.795. The molecule has 2 nitrogen and oxygen atoms in total. The van der Waals surface area contributed by atoms with Gasteiger partial charge in [-0.1, -0.05) is 30.3 Å². The van der Waals surface area contributed by atoms with Crippen molar-refractivity contribution in [1.82, 2.24) is 5.32 Å². The fourth-order valence-electron chi connectivity index (χ4n) is 1.64. The van der Waals surface area contributed by atoms with Crippen LogP contribution in [-0.2, 0) is 6.42 Å². The van der Waals surface area contributed by atoms with Crippen molar-refractivity contribution >= 4 is 6.34 Å². The highest BCUT2D eigenvalue weighted by atomic mass is 15.0. The second-order valence-electron chi connectivity index (χ2n) is 3.67. The fraction of sp³-hybridized carbons (Fsp3) is 0.231. The molecule has 0 unspecified atom stereocenters. The standard InChI is InChI=1S/C13H15N2/c1-11-13(9-14-10-15-11)8-7-12-5-3-2-4-6-12/h2-6,9-10H,7-8H2,1H3,(H,14,15). The van der Waals surface area contributed by atoms with Gasteiger partial charge in [0.1, 0.15) is 0 Å². The largest absolute Gasteiger partial charge is 0.367 e. The molecule has 1 N–H and O–H groups in total. The Kier molecular flexibility index (Phi) is 3.18. The molecule has 1 radical (unpaired) electrons. The summed E-state index contributed by atoms with van der Waals surface area (Å²) in [5.41, 5.74) is 3.78. The van der Waals surface area contributed by atoms with Gasteiger partial charge >= 0.3 is 0 Å². The number of aryl methyl sites for hydroxylation is 1. The van der Waals surface area contributed by atoms with Gasteiger partial charge < -0.3 is 5.32 Å². The Balaban J connectivity index is 1.96. The number of nitrogens with zero attached hydrogens (tertiary/aromatic N) is 1. The minimum atomic E-state index is 1.04. The van der Waals surface area contributed by atoms with Crippen LogP contribution in [0.2, 0.25) is 0 Å². The number of hydrogen-bond acceptors (Lipinski definition) is 2. The van der Waals surface area contributed by atoms with Crippen LogP contribution in [0.3, 0.4) is 0 Å². The van der Waals surface area contributed by atoms with Crippen molar-refractivity contribution in [3.8, 4) is 0 Å². The Morgan fingerprint density at radius 3 is 2.67 bits per heavy atom. The second-order valence-corrected chi connectivity index (χ2v) is 3.67. The molecule has 0 saturated heterocycles. The minimum absolute atomic E-state index is 1.04. The predicted octanol–water partition coefficient (Wildman–Crippen LogP) is 2.69. The van der Waals surface area contributed by atoms with E-state index in [0.717, 1.165) is 18.5 Å². The minimum Gasteiger partial charge on any atom is -0.367 e. The molecule has 0 saturated carbocycles. The van der Waals surface area contributed by atoms with Gasteiger partial charge in [-0.15, -0.1) is 0 Å². The van der Waals surface area contributed by atoms with Crippen molar-refractivity contribution in [2.24, 2.45) is 4.99 Å². The van der Waals surface area contributed by atoms with E-state index >= 15 is 0 Å². The number of allylic oxidation sites excluding steroid dienone is 1. The molecule has 1 aliphatic rings. The zero-order chi connectivity index (χ0) is 10.5. The predicted molar refractivity (Wildman–Crippen MR) is 63.4 cm³/mol. The Labute approximate surface area is 90.7 Å². The monoisotopic (exact) mass is 199 g/mol. The van der Waals surface area contributed by atoms with Crippen LogP contribution in [0.1, 0.15) is 18.9 Å². The highest BCUT2D eigenvalue weighted by Crippen LogP contribution is 2.17. The van der Waals surface area contributed by atoms with Crippen molar-refractivity contribution in [2.75, 3.05) is 0 Å². The second kappa shape index (κ2) is 4.78. The highest BCUT2D eigenvalue weighted by Gasteiger charge is 2.05. The molecule has 0 bridgehead atoms. The van der Waals surface area contributed by atoms with Gasteiger partial charge in [0.05, 0.1) is 12.9 Å². The Morgan fingerprint density at radius 1 is 1.13 bits per heavy atom. The average molecular weight is 199 g/mol. The molecule has 0 aliphatic carbocycles. The van der Waals surface area contributed by atoms with Gasteiger partial charge in [-0.2, -0.15) is 0 Å². The van der Waals surface area contributed by atoms with Gasteiger partial charge in [-0.05, 0) is 30.9 Å².